The summed E-state index contributed by atoms with van der Waals surface area (Å²) in [6, 6.07) is 0. The second-order valence-electron chi connectivity index (χ2n) is 15.7. The molecule has 0 aromatic rings. The lowest BCUT2D eigenvalue weighted by molar-refractivity contribution is -0.870. The van der Waals surface area contributed by atoms with Gasteiger partial charge in [0.2, 0.25) is 0 Å². The molecular weight excluding hydrogens is 645 g/mol. The minimum Gasteiger partial charge on any atom is -0.379 e. The summed E-state index contributed by atoms with van der Waals surface area (Å²) in [5.74, 6) is 0. The average molecular weight is 733 g/mol. The monoisotopic (exact) mass is 733 g/mol. The summed E-state index contributed by atoms with van der Waals surface area (Å²) in [5.41, 5.74) is 0. The predicted molar refractivity (Wildman–Crippen MR) is 215 cm³/mol. The highest BCUT2D eigenvalue weighted by Crippen LogP contribution is 2.43. The van der Waals surface area contributed by atoms with Crippen molar-refractivity contribution in [3.05, 3.63) is 12.2 Å². The lowest BCUT2D eigenvalue weighted by Gasteiger charge is -2.24. The summed E-state index contributed by atoms with van der Waals surface area (Å²) in [7, 11) is 1.91. The minimum atomic E-state index is -4.14. The van der Waals surface area contributed by atoms with Crippen LogP contribution in [0.25, 0.3) is 0 Å². The van der Waals surface area contributed by atoms with E-state index in [-0.39, 0.29) is 19.3 Å². The van der Waals surface area contributed by atoms with Gasteiger partial charge in [0.25, 0.3) is 0 Å². The molecule has 300 valence electrons. The topological polar surface area (TPSA) is 74.2 Å². The van der Waals surface area contributed by atoms with Crippen LogP contribution in [0.1, 0.15) is 194 Å². The molecule has 0 aromatic carbocycles. The van der Waals surface area contributed by atoms with E-state index in [2.05, 4.69) is 26.0 Å². The number of phosphoric acid groups is 1. The Morgan fingerprint density at radius 1 is 0.520 bits per heavy atom. The SMILES string of the molecule is CCCCCCCC/C=C\CCCCCCCCOC(COCCCCCCCCCCCCCCCC)COP(=O)(O)OCC[N+](C)(C)C. The van der Waals surface area contributed by atoms with E-state index in [4.69, 9.17) is 18.5 Å². The molecule has 1 N–H and O–H groups in total. The second kappa shape index (κ2) is 37.1. The number of phosphoric ester groups is 1. The van der Waals surface area contributed by atoms with Gasteiger partial charge in [-0.2, -0.15) is 0 Å². The van der Waals surface area contributed by atoms with Crippen molar-refractivity contribution < 1.29 is 32.5 Å². The van der Waals surface area contributed by atoms with Crippen LogP contribution >= 0.6 is 7.82 Å². The standard InChI is InChI=1S/C42H86NO6P/c1-6-8-10-12-14-16-18-20-22-23-25-27-29-31-33-35-38-47-42(41-49-50(44,45)48-39-36-43(3,4)5)40-46-37-34-32-30-28-26-24-21-19-17-15-13-11-9-7-2/h20,22,42H,6-19,21,23-41H2,1-5H3/p+1/b22-20-. The van der Waals surface area contributed by atoms with Crippen molar-refractivity contribution in [2.24, 2.45) is 0 Å². The minimum absolute atomic E-state index is 0.0106. The molecule has 0 aliphatic carbocycles. The number of nitrogens with zero attached hydrogens (tertiary/aromatic N) is 1. The van der Waals surface area contributed by atoms with Crippen molar-refractivity contribution in [2.75, 3.05) is 60.7 Å². The molecule has 0 radical (unpaired) electrons. The van der Waals surface area contributed by atoms with Crippen LogP contribution in [0.2, 0.25) is 0 Å². The lowest BCUT2D eigenvalue weighted by atomic mass is 10.0. The van der Waals surface area contributed by atoms with Gasteiger partial charge in [-0.05, 0) is 38.5 Å². The van der Waals surface area contributed by atoms with E-state index >= 15 is 0 Å². The summed E-state index contributed by atoms with van der Waals surface area (Å²) in [6.07, 6.45) is 40.9. The molecule has 0 saturated carbocycles. The van der Waals surface area contributed by atoms with Crippen molar-refractivity contribution in [1.82, 2.24) is 0 Å². The van der Waals surface area contributed by atoms with Crippen LogP contribution in [0.15, 0.2) is 12.2 Å². The van der Waals surface area contributed by atoms with E-state index in [1.165, 1.54) is 161 Å². The van der Waals surface area contributed by atoms with Crippen molar-refractivity contribution in [3.63, 3.8) is 0 Å². The zero-order valence-electron chi connectivity index (χ0n) is 34.2. The number of allylic oxidation sites excluding steroid dienone is 2. The highest BCUT2D eigenvalue weighted by Gasteiger charge is 2.25. The highest BCUT2D eigenvalue weighted by atomic mass is 31.2. The Kier molecular flexibility index (Phi) is 36.9. The Morgan fingerprint density at radius 2 is 0.920 bits per heavy atom. The molecule has 0 fully saturated rings. The van der Waals surface area contributed by atoms with Gasteiger partial charge < -0.3 is 18.9 Å². The van der Waals surface area contributed by atoms with Gasteiger partial charge >= 0.3 is 7.82 Å². The van der Waals surface area contributed by atoms with Gasteiger partial charge in [0, 0.05) is 13.2 Å². The Balaban J connectivity index is 4.10. The van der Waals surface area contributed by atoms with E-state index in [1.807, 2.05) is 21.1 Å². The summed E-state index contributed by atoms with van der Waals surface area (Å²) in [5, 5.41) is 0. The van der Waals surface area contributed by atoms with Gasteiger partial charge in [-0.15, -0.1) is 0 Å². The van der Waals surface area contributed by atoms with Crippen LogP contribution in [0, 0.1) is 0 Å². The van der Waals surface area contributed by atoms with E-state index in [1.54, 1.807) is 0 Å². The molecule has 0 saturated heterocycles. The van der Waals surface area contributed by atoms with Crippen LogP contribution < -0.4 is 0 Å². The first-order valence-electron chi connectivity index (χ1n) is 21.5. The van der Waals surface area contributed by atoms with E-state index < -0.39 is 7.82 Å². The predicted octanol–water partition coefficient (Wildman–Crippen LogP) is 12.7. The van der Waals surface area contributed by atoms with Crippen LogP contribution in [-0.2, 0) is 23.1 Å². The fourth-order valence-electron chi connectivity index (χ4n) is 6.00. The van der Waals surface area contributed by atoms with Crippen molar-refractivity contribution in [1.29, 1.82) is 0 Å². The van der Waals surface area contributed by atoms with Gasteiger partial charge in [0.05, 0.1) is 34.4 Å². The molecule has 0 bridgehead atoms. The molecule has 0 amide bonds. The molecule has 0 spiro atoms. The van der Waals surface area contributed by atoms with Gasteiger partial charge in [-0.1, -0.05) is 167 Å². The molecule has 0 aliphatic heterocycles. The van der Waals surface area contributed by atoms with Crippen molar-refractivity contribution in [2.45, 2.75) is 200 Å². The zero-order valence-corrected chi connectivity index (χ0v) is 35.1. The molecule has 0 aromatic heterocycles. The normalized spacial score (nSPS) is 14.1. The average Bonchev–Trinajstić information content (AvgIpc) is 3.07. The summed E-state index contributed by atoms with van der Waals surface area (Å²) in [4.78, 5) is 10.2. The molecule has 7 nitrogen and oxygen atoms in total. The Bertz CT molecular complexity index is 759. The van der Waals surface area contributed by atoms with Crippen LogP contribution in [0.4, 0.5) is 0 Å². The third-order valence-electron chi connectivity index (χ3n) is 9.40. The maximum absolute atomic E-state index is 12.5. The number of ether oxygens (including phenoxy) is 2. The Hall–Kier alpha value is -0.270. The lowest BCUT2D eigenvalue weighted by Crippen LogP contribution is -2.37. The Labute approximate surface area is 312 Å². The fourth-order valence-corrected chi connectivity index (χ4v) is 6.74. The molecular formula is C42H87NO6P+. The maximum atomic E-state index is 12.5. The van der Waals surface area contributed by atoms with E-state index in [0.717, 1.165) is 19.3 Å². The highest BCUT2D eigenvalue weighted by molar-refractivity contribution is 7.47. The number of likely N-dealkylation sites (N-methyl/N-ethyl adjacent to an activating group) is 1. The van der Waals surface area contributed by atoms with Crippen LogP contribution in [0.3, 0.4) is 0 Å². The smallest absolute Gasteiger partial charge is 0.379 e. The molecule has 2 unspecified atom stereocenters. The third-order valence-corrected chi connectivity index (χ3v) is 10.4. The quantitative estimate of drug-likeness (QED) is 0.0292. The number of quaternary nitrogens is 1. The van der Waals surface area contributed by atoms with Crippen molar-refractivity contribution in [3.8, 4) is 0 Å². The first-order valence-corrected chi connectivity index (χ1v) is 23.0. The fraction of sp³-hybridized carbons (Fsp3) is 0.952. The first-order chi connectivity index (χ1) is 24.2. The third kappa shape index (κ3) is 40.5. The van der Waals surface area contributed by atoms with E-state index in [9.17, 15) is 9.46 Å². The molecule has 8 heteroatoms. The molecule has 0 rings (SSSR count). The number of hydrogen-bond donors (Lipinski definition) is 1. The number of unbranched alkanes of at least 4 members (excludes halogenated alkanes) is 25. The molecule has 2 atom stereocenters. The summed E-state index contributed by atoms with van der Waals surface area (Å²) < 4.78 is 35.7. The van der Waals surface area contributed by atoms with Gasteiger partial charge in [-0.25, -0.2) is 4.57 Å². The van der Waals surface area contributed by atoms with E-state index in [0.29, 0.717) is 30.8 Å². The summed E-state index contributed by atoms with van der Waals surface area (Å²) in [6.45, 7) is 6.97. The number of rotatable bonds is 41. The molecule has 0 aliphatic rings. The van der Waals surface area contributed by atoms with Gasteiger partial charge in [-0.3, -0.25) is 9.05 Å². The second-order valence-corrected chi connectivity index (χ2v) is 17.2. The Morgan fingerprint density at radius 3 is 1.36 bits per heavy atom. The van der Waals surface area contributed by atoms with Crippen LogP contribution in [-0.4, -0.2) is 76.2 Å². The van der Waals surface area contributed by atoms with Crippen LogP contribution in [0.5, 0.6) is 0 Å². The number of hydrogen-bond acceptors (Lipinski definition) is 5. The molecule has 0 heterocycles. The zero-order chi connectivity index (χ0) is 36.9. The van der Waals surface area contributed by atoms with Gasteiger partial charge in [0.1, 0.15) is 19.3 Å². The van der Waals surface area contributed by atoms with Crippen molar-refractivity contribution >= 4 is 7.82 Å². The first kappa shape index (κ1) is 49.7. The largest absolute Gasteiger partial charge is 0.472 e. The van der Waals surface area contributed by atoms with Gasteiger partial charge in [0.15, 0.2) is 0 Å². The summed E-state index contributed by atoms with van der Waals surface area (Å²) >= 11 is 0. The maximum Gasteiger partial charge on any atom is 0.472 e. The molecule has 50 heavy (non-hydrogen) atoms.